The molecule has 0 radical (unpaired) electrons. The van der Waals surface area contributed by atoms with E-state index in [0.29, 0.717) is 35.7 Å². The molecule has 2 heterocycles. The fourth-order valence-corrected chi connectivity index (χ4v) is 3.86. The second-order valence-electron chi connectivity index (χ2n) is 8.13. The van der Waals surface area contributed by atoms with Gasteiger partial charge in [0.25, 0.3) is 5.91 Å². The van der Waals surface area contributed by atoms with E-state index >= 15 is 0 Å². The first kappa shape index (κ1) is 21.8. The van der Waals surface area contributed by atoms with Gasteiger partial charge in [-0.15, -0.1) is 0 Å². The predicted molar refractivity (Wildman–Crippen MR) is 128 cm³/mol. The van der Waals surface area contributed by atoms with Crippen molar-refractivity contribution in [3.63, 3.8) is 0 Å². The molecule has 0 fully saturated rings. The van der Waals surface area contributed by atoms with E-state index in [0.717, 1.165) is 23.0 Å². The SMILES string of the molecule is CC(C)OCCCNC(=O)c1c(N)n([C@@H](C)c2ccccc2)c2nc3ccccc3nc12. The molecule has 7 heteroatoms. The van der Waals surface area contributed by atoms with Gasteiger partial charge in [0.2, 0.25) is 0 Å². The molecule has 0 aliphatic carbocycles. The molecule has 0 saturated carbocycles. The summed E-state index contributed by atoms with van der Waals surface area (Å²) < 4.78 is 7.46. The molecule has 3 N–H and O–H groups in total. The molecule has 0 bridgehead atoms. The van der Waals surface area contributed by atoms with E-state index < -0.39 is 0 Å². The lowest BCUT2D eigenvalue weighted by Gasteiger charge is -2.17. The number of carbonyl (C=O) groups excluding carboxylic acids is 1. The minimum absolute atomic E-state index is 0.116. The Labute approximate surface area is 187 Å². The summed E-state index contributed by atoms with van der Waals surface area (Å²) in [6.45, 7) is 7.11. The number of nitrogen functional groups attached to an aromatic ring is 1. The van der Waals surface area contributed by atoms with Crippen molar-refractivity contribution >= 4 is 33.9 Å². The molecular weight excluding hydrogens is 402 g/mol. The van der Waals surface area contributed by atoms with Gasteiger partial charge >= 0.3 is 0 Å². The van der Waals surface area contributed by atoms with Gasteiger partial charge in [0.1, 0.15) is 16.9 Å². The molecule has 2 aromatic carbocycles. The lowest BCUT2D eigenvalue weighted by molar-refractivity contribution is 0.0757. The van der Waals surface area contributed by atoms with E-state index in [-0.39, 0.29) is 18.1 Å². The number of carbonyl (C=O) groups is 1. The van der Waals surface area contributed by atoms with Gasteiger partial charge in [-0.2, -0.15) is 0 Å². The van der Waals surface area contributed by atoms with Crippen LogP contribution < -0.4 is 11.1 Å². The number of rotatable bonds is 8. The maximum absolute atomic E-state index is 13.2. The number of hydrogen-bond donors (Lipinski definition) is 2. The van der Waals surface area contributed by atoms with Crippen LogP contribution in [0.1, 0.15) is 49.2 Å². The first-order valence-electron chi connectivity index (χ1n) is 11.0. The largest absolute Gasteiger partial charge is 0.384 e. The van der Waals surface area contributed by atoms with Crippen LogP contribution in [-0.4, -0.2) is 39.7 Å². The number of aromatic nitrogens is 3. The highest BCUT2D eigenvalue weighted by Gasteiger charge is 2.26. The molecule has 0 aliphatic heterocycles. The number of nitrogens with two attached hydrogens (primary N) is 1. The number of para-hydroxylation sites is 2. The minimum Gasteiger partial charge on any atom is -0.384 e. The molecule has 1 atom stereocenters. The lowest BCUT2D eigenvalue weighted by atomic mass is 10.1. The van der Waals surface area contributed by atoms with Crippen molar-refractivity contribution in [3.05, 3.63) is 65.7 Å². The first-order valence-corrected chi connectivity index (χ1v) is 11.0. The van der Waals surface area contributed by atoms with Gasteiger partial charge in [-0.25, -0.2) is 9.97 Å². The third-order valence-electron chi connectivity index (χ3n) is 5.49. The number of nitrogens with zero attached hydrogens (tertiary/aromatic N) is 3. The zero-order chi connectivity index (χ0) is 22.7. The first-order chi connectivity index (χ1) is 15.5. The number of anilines is 1. The highest BCUT2D eigenvalue weighted by atomic mass is 16.5. The third kappa shape index (κ3) is 4.29. The van der Waals surface area contributed by atoms with Crippen LogP contribution in [0.5, 0.6) is 0 Å². The molecule has 4 aromatic rings. The Balaban J connectivity index is 1.75. The highest BCUT2D eigenvalue weighted by molar-refractivity contribution is 6.10. The summed E-state index contributed by atoms with van der Waals surface area (Å²) >= 11 is 0. The smallest absolute Gasteiger partial charge is 0.257 e. The molecule has 32 heavy (non-hydrogen) atoms. The number of ether oxygens (including phenoxy) is 1. The third-order valence-corrected chi connectivity index (χ3v) is 5.49. The van der Waals surface area contributed by atoms with Crippen LogP contribution in [0.25, 0.3) is 22.2 Å². The van der Waals surface area contributed by atoms with E-state index in [1.54, 1.807) is 0 Å². The summed E-state index contributed by atoms with van der Waals surface area (Å²) in [7, 11) is 0. The average molecular weight is 432 g/mol. The van der Waals surface area contributed by atoms with Crippen molar-refractivity contribution in [2.45, 2.75) is 39.3 Å². The van der Waals surface area contributed by atoms with Crippen molar-refractivity contribution < 1.29 is 9.53 Å². The van der Waals surface area contributed by atoms with Gasteiger partial charge in [-0.1, -0.05) is 42.5 Å². The molecule has 166 valence electrons. The standard InChI is InChI=1S/C25H29N5O2/c1-16(2)32-15-9-14-27-25(31)21-22-24(29-20-13-8-7-12-19(20)28-22)30(23(21)26)17(3)18-10-5-4-6-11-18/h4-8,10-13,16-17H,9,14-15,26H2,1-3H3,(H,27,31)/t17-/m0/s1. The van der Waals surface area contributed by atoms with Crippen LogP contribution in [0.15, 0.2) is 54.6 Å². The van der Waals surface area contributed by atoms with Gasteiger partial charge in [-0.3, -0.25) is 4.79 Å². The number of hydrogen-bond acceptors (Lipinski definition) is 5. The van der Waals surface area contributed by atoms with Gasteiger partial charge in [0.05, 0.1) is 23.2 Å². The van der Waals surface area contributed by atoms with Crippen LogP contribution in [0.4, 0.5) is 5.82 Å². The zero-order valence-electron chi connectivity index (χ0n) is 18.7. The van der Waals surface area contributed by atoms with E-state index in [1.165, 1.54) is 0 Å². The van der Waals surface area contributed by atoms with Crippen molar-refractivity contribution in [1.82, 2.24) is 19.9 Å². The fraction of sp³-hybridized carbons (Fsp3) is 0.320. The molecule has 1 amide bonds. The summed E-state index contributed by atoms with van der Waals surface area (Å²) in [6.07, 6.45) is 0.889. The molecule has 0 spiro atoms. The van der Waals surface area contributed by atoms with E-state index in [2.05, 4.69) is 5.32 Å². The van der Waals surface area contributed by atoms with Crippen LogP contribution in [0.3, 0.4) is 0 Å². The number of benzene rings is 2. The molecule has 2 aromatic heterocycles. The summed E-state index contributed by atoms with van der Waals surface area (Å²) in [4.78, 5) is 22.8. The van der Waals surface area contributed by atoms with E-state index in [9.17, 15) is 4.79 Å². The summed E-state index contributed by atoms with van der Waals surface area (Å²) in [6, 6.07) is 17.5. The van der Waals surface area contributed by atoms with Crippen molar-refractivity contribution in [3.8, 4) is 0 Å². The zero-order valence-corrected chi connectivity index (χ0v) is 18.7. The molecule has 0 saturated heterocycles. The quantitative estimate of drug-likeness (QED) is 0.405. The maximum Gasteiger partial charge on any atom is 0.257 e. The second kappa shape index (κ2) is 9.36. The summed E-state index contributed by atoms with van der Waals surface area (Å²) in [5, 5.41) is 2.97. The monoisotopic (exact) mass is 431 g/mol. The Kier molecular flexibility index (Phi) is 6.37. The van der Waals surface area contributed by atoms with Crippen LogP contribution in [0.2, 0.25) is 0 Å². The molecule has 0 aliphatic rings. The predicted octanol–water partition coefficient (Wildman–Crippen LogP) is 4.32. The fourth-order valence-electron chi connectivity index (χ4n) is 3.86. The van der Waals surface area contributed by atoms with E-state index in [1.807, 2.05) is 79.9 Å². The normalized spacial score (nSPS) is 12.5. The Morgan fingerprint density at radius 2 is 1.69 bits per heavy atom. The van der Waals surface area contributed by atoms with Gasteiger partial charge in [-0.05, 0) is 44.9 Å². The van der Waals surface area contributed by atoms with Crippen LogP contribution in [-0.2, 0) is 4.74 Å². The average Bonchev–Trinajstić information content (AvgIpc) is 3.07. The van der Waals surface area contributed by atoms with Gasteiger partial charge in [0, 0.05) is 13.2 Å². The van der Waals surface area contributed by atoms with Crippen molar-refractivity contribution in [2.75, 3.05) is 18.9 Å². The van der Waals surface area contributed by atoms with Gasteiger partial charge in [0.15, 0.2) is 5.65 Å². The minimum atomic E-state index is -0.249. The number of fused-ring (bicyclic) bond motifs is 2. The molecule has 7 nitrogen and oxygen atoms in total. The molecule has 0 unspecified atom stereocenters. The Bertz CT molecular complexity index is 1230. The Morgan fingerprint density at radius 1 is 1.03 bits per heavy atom. The maximum atomic E-state index is 13.2. The number of amides is 1. The van der Waals surface area contributed by atoms with Crippen LogP contribution in [0, 0.1) is 0 Å². The Morgan fingerprint density at radius 3 is 2.38 bits per heavy atom. The van der Waals surface area contributed by atoms with Crippen LogP contribution >= 0.6 is 0 Å². The second-order valence-corrected chi connectivity index (χ2v) is 8.13. The van der Waals surface area contributed by atoms with Gasteiger partial charge < -0.3 is 20.4 Å². The summed E-state index contributed by atoms with van der Waals surface area (Å²) in [5.74, 6) is 0.114. The molecule has 4 rings (SSSR count). The lowest BCUT2D eigenvalue weighted by Crippen LogP contribution is -2.26. The van der Waals surface area contributed by atoms with E-state index in [4.69, 9.17) is 20.4 Å². The Hall–Kier alpha value is -3.45. The number of nitrogens with one attached hydrogen (secondary N) is 1. The van der Waals surface area contributed by atoms with Crippen molar-refractivity contribution in [1.29, 1.82) is 0 Å². The van der Waals surface area contributed by atoms with Crippen molar-refractivity contribution in [2.24, 2.45) is 0 Å². The highest BCUT2D eigenvalue weighted by Crippen LogP contribution is 2.33. The summed E-state index contributed by atoms with van der Waals surface area (Å²) in [5.41, 5.74) is 10.6. The molecular formula is C25H29N5O2. The topological polar surface area (TPSA) is 95.1 Å².